The Bertz CT molecular complexity index is 373. The molecule has 0 aliphatic rings. The highest BCUT2D eigenvalue weighted by Gasteiger charge is 2.27. The summed E-state index contributed by atoms with van der Waals surface area (Å²) in [5.41, 5.74) is 0.670. The number of halogens is 2. The molecule has 1 rings (SSSR count). The molecule has 0 unspecified atom stereocenters. The zero-order chi connectivity index (χ0) is 12.9. The number of aliphatic hydroxyl groups is 1. The van der Waals surface area contributed by atoms with E-state index in [1.54, 1.807) is 6.92 Å². The fourth-order valence-electron chi connectivity index (χ4n) is 1.24. The van der Waals surface area contributed by atoms with Crippen molar-refractivity contribution >= 4 is 11.6 Å². The average molecular weight is 246 g/mol. The molecule has 0 saturated carbocycles. The number of anilines is 2. The van der Waals surface area contributed by atoms with Gasteiger partial charge in [0.05, 0.1) is 6.54 Å². The van der Waals surface area contributed by atoms with Crippen molar-refractivity contribution in [3.05, 3.63) is 11.9 Å². The Balaban J connectivity index is 2.75. The first kappa shape index (κ1) is 13.6. The van der Waals surface area contributed by atoms with Gasteiger partial charge in [-0.25, -0.2) is 18.7 Å². The van der Waals surface area contributed by atoms with Crippen LogP contribution in [0.2, 0.25) is 0 Å². The molecule has 3 N–H and O–H groups in total. The maximum absolute atomic E-state index is 12.8. The third kappa shape index (κ3) is 3.77. The van der Waals surface area contributed by atoms with Gasteiger partial charge < -0.3 is 15.7 Å². The minimum atomic E-state index is -3.16. The van der Waals surface area contributed by atoms with E-state index in [9.17, 15) is 8.78 Å². The van der Waals surface area contributed by atoms with E-state index in [4.69, 9.17) is 5.11 Å². The lowest BCUT2D eigenvalue weighted by molar-refractivity contribution is -0.0373. The van der Waals surface area contributed by atoms with E-state index >= 15 is 0 Å². The molecule has 1 aromatic rings. The Morgan fingerprint density at radius 1 is 1.29 bits per heavy atom. The second-order valence-corrected chi connectivity index (χ2v) is 3.59. The third-order valence-corrected chi connectivity index (χ3v) is 2.17. The van der Waals surface area contributed by atoms with Crippen LogP contribution in [0.15, 0.2) is 6.33 Å². The zero-order valence-electron chi connectivity index (χ0n) is 9.80. The van der Waals surface area contributed by atoms with Crippen LogP contribution < -0.4 is 10.6 Å². The van der Waals surface area contributed by atoms with Crippen molar-refractivity contribution < 1.29 is 13.9 Å². The molecule has 0 aliphatic heterocycles. The predicted molar refractivity (Wildman–Crippen MR) is 61.5 cm³/mol. The van der Waals surface area contributed by atoms with Crippen molar-refractivity contribution in [2.75, 3.05) is 30.3 Å². The van der Waals surface area contributed by atoms with Crippen molar-refractivity contribution in [1.29, 1.82) is 0 Å². The molecule has 7 heteroatoms. The van der Waals surface area contributed by atoms with Gasteiger partial charge in [-0.05, 0) is 13.8 Å². The van der Waals surface area contributed by atoms with E-state index < -0.39 is 19.1 Å². The standard InChI is InChI=1S/C10H16F2N4O/c1-3-13-8-7(2)9(16-6-15-8)14-4-10(11,12)5-17/h6,17H,3-5H2,1-2H3,(H2,13,14,15,16). The first-order chi connectivity index (χ1) is 8.00. The summed E-state index contributed by atoms with van der Waals surface area (Å²) in [4.78, 5) is 7.88. The van der Waals surface area contributed by atoms with Gasteiger partial charge in [-0.3, -0.25) is 0 Å². The van der Waals surface area contributed by atoms with Crippen molar-refractivity contribution in [3.63, 3.8) is 0 Å². The van der Waals surface area contributed by atoms with Gasteiger partial charge >= 0.3 is 0 Å². The lowest BCUT2D eigenvalue weighted by Crippen LogP contribution is -2.31. The maximum atomic E-state index is 12.8. The van der Waals surface area contributed by atoms with Gasteiger partial charge in [-0.2, -0.15) is 0 Å². The molecule has 96 valence electrons. The predicted octanol–water partition coefficient (Wildman–Crippen LogP) is 1.26. The Morgan fingerprint density at radius 2 is 1.88 bits per heavy atom. The molecule has 0 fully saturated rings. The van der Waals surface area contributed by atoms with Gasteiger partial charge in [0.15, 0.2) is 0 Å². The second kappa shape index (κ2) is 5.72. The summed E-state index contributed by atoms with van der Waals surface area (Å²) >= 11 is 0. The molecule has 0 bridgehead atoms. The Kier molecular flexibility index (Phi) is 4.56. The molecule has 0 saturated heterocycles. The van der Waals surface area contributed by atoms with Crippen LogP contribution >= 0.6 is 0 Å². The van der Waals surface area contributed by atoms with Crippen LogP contribution in [0.25, 0.3) is 0 Å². The first-order valence-electron chi connectivity index (χ1n) is 5.28. The monoisotopic (exact) mass is 246 g/mol. The summed E-state index contributed by atoms with van der Waals surface area (Å²) in [6.45, 7) is 2.48. The van der Waals surface area contributed by atoms with Crippen molar-refractivity contribution in [1.82, 2.24) is 9.97 Å². The van der Waals surface area contributed by atoms with Crippen LogP contribution in [-0.4, -0.2) is 40.7 Å². The molecule has 17 heavy (non-hydrogen) atoms. The second-order valence-electron chi connectivity index (χ2n) is 3.59. The molecule has 5 nitrogen and oxygen atoms in total. The van der Waals surface area contributed by atoms with E-state index in [2.05, 4.69) is 20.6 Å². The van der Waals surface area contributed by atoms with Crippen molar-refractivity contribution in [2.45, 2.75) is 19.8 Å². The van der Waals surface area contributed by atoms with Crippen LogP contribution in [-0.2, 0) is 0 Å². The number of hydrogen-bond donors (Lipinski definition) is 3. The van der Waals surface area contributed by atoms with E-state index in [-0.39, 0.29) is 0 Å². The topological polar surface area (TPSA) is 70.1 Å². The highest BCUT2D eigenvalue weighted by molar-refractivity contribution is 5.56. The van der Waals surface area contributed by atoms with Gasteiger partial charge in [-0.1, -0.05) is 0 Å². The molecule has 1 heterocycles. The summed E-state index contributed by atoms with van der Waals surface area (Å²) in [5, 5.41) is 13.9. The largest absolute Gasteiger partial charge is 0.390 e. The van der Waals surface area contributed by atoms with Crippen LogP contribution in [0.1, 0.15) is 12.5 Å². The SMILES string of the molecule is CCNc1ncnc(NCC(F)(F)CO)c1C. The number of rotatable bonds is 6. The lowest BCUT2D eigenvalue weighted by atomic mass is 10.3. The number of hydrogen-bond acceptors (Lipinski definition) is 5. The highest BCUT2D eigenvalue weighted by atomic mass is 19.3. The third-order valence-electron chi connectivity index (χ3n) is 2.17. The van der Waals surface area contributed by atoms with Crippen LogP contribution in [0.4, 0.5) is 20.4 Å². The quantitative estimate of drug-likeness (QED) is 0.705. The fourth-order valence-corrected chi connectivity index (χ4v) is 1.24. The molecule has 0 aromatic carbocycles. The van der Waals surface area contributed by atoms with E-state index in [0.717, 1.165) is 0 Å². The first-order valence-corrected chi connectivity index (χ1v) is 5.28. The summed E-state index contributed by atoms with van der Waals surface area (Å²) < 4.78 is 25.7. The van der Waals surface area contributed by atoms with Gasteiger partial charge in [-0.15, -0.1) is 0 Å². The summed E-state index contributed by atoms with van der Waals surface area (Å²) in [6.07, 6.45) is 1.30. The van der Waals surface area contributed by atoms with Crippen LogP contribution in [0.3, 0.4) is 0 Å². The summed E-state index contributed by atoms with van der Waals surface area (Å²) in [5.74, 6) is -2.21. The van der Waals surface area contributed by atoms with Crippen LogP contribution in [0.5, 0.6) is 0 Å². The van der Waals surface area contributed by atoms with E-state index in [1.165, 1.54) is 6.33 Å². The molecule has 0 radical (unpaired) electrons. The van der Waals surface area contributed by atoms with Crippen molar-refractivity contribution in [3.8, 4) is 0 Å². The van der Waals surface area contributed by atoms with E-state index in [0.29, 0.717) is 23.7 Å². The number of aliphatic hydroxyl groups excluding tert-OH is 1. The van der Waals surface area contributed by atoms with Gasteiger partial charge in [0.1, 0.15) is 24.6 Å². The molecule has 0 spiro atoms. The van der Waals surface area contributed by atoms with Crippen LogP contribution in [0, 0.1) is 6.92 Å². The number of alkyl halides is 2. The number of nitrogens with one attached hydrogen (secondary N) is 2. The maximum Gasteiger partial charge on any atom is 0.287 e. The van der Waals surface area contributed by atoms with Gasteiger partial charge in [0.25, 0.3) is 5.92 Å². The summed E-state index contributed by atoms with van der Waals surface area (Å²) in [6, 6.07) is 0. The lowest BCUT2D eigenvalue weighted by Gasteiger charge is -2.16. The zero-order valence-corrected chi connectivity index (χ0v) is 9.80. The van der Waals surface area contributed by atoms with Gasteiger partial charge in [0.2, 0.25) is 0 Å². The number of nitrogens with zero attached hydrogens (tertiary/aromatic N) is 2. The van der Waals surface area contributed by atoms with Crippen molar-refractivity contribution in [2.24, 2.45) is 0 Å². The molecule has 0 amide bonds. The smallest absolute Gasteiger partial charge is 0.287 e. The minimum absolute atomic E-state index is 0.337. The molecule has 1 aromatic heterocycles. The molecule has 0 aliphatic carbocycles. The fraction of sp³-hybridized carbons (Fsp3) is 0.600. The molecule has 0 atom stereocenters. The number of aromatic nitrogens is 2. The normalized spacial score (nSPS) is 11.4. The molecular weight excluding hydrogens is 230 g/mol. The Labute approximate surface area is 98.3 Å². The Morgan fingerprint density at radius 3 is 2.41 bits per heavy atom. The molecular formula is C10H16F2N4O. The highest BCUT2D eigenvalue weighted by Crippen LogP contribution is 2.20. The average Bonchev–Trinajstić information content (AvgIpc) is 2.31. The Hall–Kier alpha value is -1.50. The summed E-state index contributed by atoms with van der Waals surface area (Å²) in [7, 11) is 0. The van der Waals surface area contributed by atoms with E-state index in [1.807, 2.05) is 6.92 Å². The van der Waals surface area contributed by atoms with Gasteiger partial charge in [0, 0.05) is 12.1 Å². The minimum Gasteiger partial charge on any atom is -0.390 e.